The number of carbonyl (C=O) groups is 2. The molecule has 1 aromatic heterocycles. The first-order chi connectivity index (χ1) is 21.8. The summed E-state index contributed by atoms with van der Waals surface area (Å²) in [4.78, 5) is 39.5. The van der Waals surface area contributed by atoms with Gasteiger partial charge in [0.2, 0.25) is 5.91 Å². The van der Waals surface area contributed by atoms with Crippen LogP contribution in [0.3, 0.4) is 0 Å². The van der Waals surface area contributed by atoms with Gasteiger partial charge in [0.05, 0.1) is 11.2 Å². The number of hydrogen-bond acceptors (Lipinski definition) is 5. The van der Waals surface area contributed by atoms with E-state index in [-0.39, 0.29) is 28.9 Å². The number of hydrogen-bond donors (Lipinski definition) is 1. The number of halogens is 2. The standard InChI is InChI=1S/C36H50BrClN6O2/c1-35(2,3)31-23-42(17-18-44(31)32(45)19-24-9-13-41(14-10-24)34(39)46)29-11-15-43(16-12-29)36(4)30-8-7-28(38)21-25(30)5-6-26-20-27(37)22-40-33(26)36/h7-8,20-22,24,29,31H,5-6,9-19,23H2,1-4H3,(H2,39,46)/t31-,36?/m1/s1. The summed E-state index contributed by atoms with van der Waals surface area (Å²) in [5.41, 5.74) is 10.2. The highest BCUT2D eigenvalue weighted by Gasteiger charge is 2.45. The molecule has 46 heavy (non-hydrogen) atoms. The number of primary amides is 1. The van der Waals surface area contributed by atoms with Crippen LogP contribution in [0.5, 0.6) is 0 Å². The SMILES string of the molecule is CC(C)(C)[C@H]1CN(C2CCN(C3(C)c4ccc(Cl)cc4CCc4cc(Br)cnc43)CC2)CCN1C(=O)CC1CCN(C(N)=O)CC1. The number of pyridine rings is 1. The van der Waals surface area contributed by atoms with Crippen molar-refractivity contribution < 1.29 is 9.59 Å². The number of urea groups is 1. The fourth-order valence-corrected chi connectivity index (χ4v) is 9.22. The van der Waals surface area contributed by atoms with E-state index in [1.54, 1.807) is 4.90 Å². The summed E-state index contributed by atoms with van der Waals surface area (Å²) in [6.07, 6.45) is 8.29. The van der Waals surface area contributed by atoms with Gasteiger partial charge in [0, 0.05) is 80.0 Å². The number of piperazine rings is 1. The molecule has 0 radical (unpaired) electrons. The number of aryl methyl sites for hydroxylation is 2. The summed E-state index contributed by atoms with van der Waals surface area (Å²) in [5, 5.41) is 0.791. The van der Waals surface area contributed by atoms with Crippen molar-refractivity contribution in [3.63, 3.8) is 0 Å². The lowest BCUT2D eigenvalue weighted by Crippen LogP contribution is -2.63. The van der Waals surface area contributed by atoms with E-state index in [0.29, 0.717) is 31.5 Å². The van der Waals surface area contributed by atoms with Crippen LogP contribution in [0.15, 0.2) is 34.9 Å². The number of amides is 3. The van der Waals surface area contributed by atoms with Crippen LogP contribution in [0.2, 0.25) is 5.02 Å². The van der Waals surface area contributed by atoms with Gasteiger partial charge in [0.1, 0.15) is 0 Å². The average Bonchev–Trinajstić information content (AvgIpc) is 3.14. The van der Waals surface area contributed by atoms with Crippen molar-refractivity contribution in [1.29, 1.82) is 0 Å². The van der Waals surface area contributed by atoms with Crippen molar-refractivity contribution >= 4 is 39.5 Å². The molecule has 3 saturated heterocycles. The molecule has 4 heterocycles. The molecule has 2 atom stereocenters. The van der Waals surface area contributed by atoms with E-state index < -0.39 is 0 Å². The summed E-state index contributed by atoms with van der Waals surface area (Å²) in [6.45, 7) is 15.1. The van der Waals surface area contributed by atoms with Gasteiger partial charge in [-0.1, -0.05) is 38.4 Å². The topological polar surface area (TPSA) is 86.0 Å². The van der Waals surface area contributed by atoms with E-state index in [2.05, 4.69) is 76.5 Å². The van der Waals surface area contributed by atoms with E-state index in [1.165, 1.54) is 16.7 Å². The maximum Gasteiger partial charge on any atom is 0.314 e. The highest BCUT2D eigenvalue weighted by Crippen LogP contribution is 2.44. The maximum absolute atomic E-state index is 13.7. The highest BCUT2D eigenvalue weighted by molar-refractivity contribution is 9.10. The smallest absolute Gasteiger partial charge is 0.314 e. The molecule has 4 aliphatic rings. The third kappa shape index (κ3) is 6.71. The van der Waals surface area contributed by atoms with Crippen LogP contribution in [0.25, 0.3) is 0 Å². The summed E-state index contributed by atoms with van der Waals surface area (Å²) < 4.78 is 1.02. The normalized spacial score (nSPS) is 25.6. The molecule has 8 nitrogen and oxygen atoms in total. The predicted molar refractivity (Wildman–Crippen MR) is 187 cm³/mol. The molecule has 6 rings (SSSR count). The number of fused-ring (bicyclic) bond motifs is 2. The van der Waals surface area contributed by atoms with Gasteiger partial charge in [-0.3, -0.25) is 19.6 Å². The summed E-state index contributed by atoms with van der Waals surface area (Å²) in [5.74, 6) is 0.586. The number of benzene rings is 1. The Hall–Kier alpha value is -2.20. The molecule has 10 heteroatoms. The van der Waals surface area contributed by atoms with E-state index in [0.717, 1.165) is 86.4 Å². The van der Waals surface area contributed by atoms with Crippen molar-refractivity contribution in [2.75, 3.05) is 45.8 Å². The Bertz CT molecular complexity index is 1390. The van der Waals surface area contributed by atoms with Crippen LogP contribution < -0.4 is 5.73 Å². The third-order valence-electron chi connectivity index (χ3n) is 11.4. The van der Waals surface area contributed by atoms with Gasteiger partial charge in [0.15, 0.2) is 0 Å². The van der Waals surface area contributed by atoms with Gasteiger partial charge in [-0.2, -0.15) is 0 Å². The number of rotatable bonds is 4. The van der Waals surface area contributed by atoms with Crippen molar-refractivity contribution in [3.8, 4) is 0 Å². The monoisotopic (exact) mass is 712 g/mol. The van der Waals surface area contributed by atoms with E-state index in [9.17, 15) is 9.59 Å². The third-order valence-corrected chi connectivity index (χ3v) is 12.1. The molecular formula is C36H50BrClN6O2. The zero-order valence-electron chi connectivity index (χ0n) is 27.9. The van der Waals surface area contributed by atoms with Crippen LogP contribution in [0, 0.1) is 11.3 Å². The first-order valence-corrected chi connectivity index (χ1v) is 18.3. The minimum absolute atomic E-state index is 0.0210. The minimum atomic E-state index is -0.354. The van der Waals surface area contributed by atoms with Crippen LogP contribution in [-0.2, 0) is 23.2 Å². The largest absolute Gasteiger partial charge is 0.351 e. The van der Waals surface area contributed by atoms with Gasteiger partial charge in [0.25, 0.3) is 0 Å². The van der Waals surface area contributed by atoms with Crippen LogP contribution in [0.1, 0.15) is 82.2 Å². The molecule has 2 aromatic rings. The summed E-state index contributed by atoms with van der Waals surface area (Å²) in [6, 6.07) is 8.97. The second-order valence-corrected chi connectivity index (χ2v) is 16.5. The fourth-order valence-electron chi connectivity index (χ4n) is 8.65. The Kier molecular flexibility index (Phi) is 9.79. The van der Waals surface area contributed by atoms with Crippen LogP contribution in [-0.4, -0.2) is 94.4 Å². The number of aromatic nitrogens is 1. The quantitative estimate of drug-likeness (QED) is 0.417. The Morgan fingerprint density at radius 2 is 1.70 bits per heavy atom. The molecule has 3 fully saturated rings. The van der Waals surface area contributed by atoms with Gasteiger partial charge in [-0.25, -0.2) is 4.79 Å². The van der Waals surface area contributed by atoms with E-state index in [4.69, 9.17) is 22.3 Å². The number of carbonyl (C=O) groups excluding carboxylic acids is 2. The molecule has 0 spiro atoms. The Morgan fingerprint density at radius 1 is 1.00 bits per heavy atom. The molecular weight excluding hydrogens is 664 g/mol. The lowest BCUT2D eigenvalue weighted by atomic mass is 9.81. The average molecular weight is 714 g/mol. The van der Waals surface area contributed by atoms with Crippen molar-refractivity contribution in [2.24, 2.45) is 17.1 Å². The number of likely N-dealkylation sites (tertiary alicyclic amines) is 2. The maximum atomic E-state index is 13.7. The fraction of sp³-hybridized carbons (Fsp3) is 0.639. The highest BCUT2D eigenvalue weighted by atomic mass is 79.9. The van der Waals surface area contributed by atoms with E-state index >= 15 is 0 Å². The lowest BCUT2D eigenvalue weighted by molar-refractivity contribution is -0.142. The molecule has 1 aliphatic carbocycles. The molecule has 250 valence electrons. The van der Waals surface area contributed by atoms with Crippen molar-refractivity contribution in [3.05, 3.63) is 62.3 Å². The lowest BCUT2D eigenvalue weighted by Gasteiger charge is -2.52. The number of nitrogens with zero attached hydrogens (tertiary/aromatic N) is 5. The van der Waals surface area contributed by atoms with Crippen LogP contribution >= 0.6 is 27.5 Å². The van der Waals surface area contributed by atoms with Gasteiger partial charge in [-0.05, 0) is 108 Å². The number of nitrogens with two attached hydrogens (primary N) is 1. The second kappa shape index (κ2) is 13.4. The molecule has 3 amide bonds. The molecule has 0 bridgehead atoms. The zero-order chi connectivity index (χ0) is 32.8. The second-order valence-electron chi connectivity index (χ2n) is 15.2. The first kappa shape index (κ1) is 33.7. The van der Waals surface area contributed by atoms with Crippen molar-refractivity contribution in [1.82, 2.24) is 24.6 Å². The summed E-state index contributed by atoms with van der Waals surface area (Å²) >= 11 is 10.2. The Balaban J connectivity index is 1.14. The Morgan fingerprint density at radius 3 is 2.37 bits per heavy atom. The minimum Gasteiger partial charge on any atom is -0.351 e. The Labute approximate surface area is 288 Å². The van der Waals surface area contributed by atoms with Crippen LogP contribution in [0.4, 0.5) is 4.79 Å². The first-order valence-electron chi connectivity index (χ1n) is 17.1. The number of piperidine rings is 2. The zero-order valence-corrected chi connectivity index (χ0v) is 30.2. The van der Waals surface area contributed by atoms with E-state index in [1.807, 2.05) is 12.3 Å². The van der Waals surface area contributed by atoms with Crippen molar-refractivity contribution in [2.45, 2.75) is 90.3 Å². The molecule has 1 aromatic carbocycles. The van der Waals surface area contributed by atoms with Gasteiger partial charge in [-0.15, -0.1) is 0 Å². The van der Waals surface area contributed by atoms with Gasteiger partial charge < -0.3 is 15.5 Å². The molecule has 0 saturated carbocycles. The molecule has 3 aliphatic heterocycles. The molecule has 1 unspecified atom stereocenters. The van der Waals surface area contributed by atoms with Gasteiger partial charge >= 0.3 is 6.03 Å². The predicted octanol–water partition coefficient (Wildman–Crippen LogP) is 6.06. The summed E-state index contributed by atoms with van der Waals surface area (Å²) in [7, 11) is 0. The molecule has 2 N–H and O–H groups in total.